The number of carbonyl (C=O) groups is 1. The van der Waals surface area contributed by atoms with Gasteiger partial charge < -0.3 is 10.0 Å². The number of nitrogens with zero attached hydrogens (tertiary/aromatic N) is 4. The van der Waals surface area contributed by atoms with E-state index < -0.39 is 6.10 Å². The van der Waals surface area contributed by atoms with Gasteiger partial charge in [0.15, 0.2) is 5.82 Å². The lowest BCUT2D eigenvalue weighted by atomic mass is 9.94. The van der Waals surface area contributed by atoms with Crippen molar-refractivity contribution in [3.63, 3.8) is 0 Å². The summed E-state index contributed by atoms with van der Waals surface area (Å²) in [6.07, 6.45) is 7.36. The summed E-state index contributed by atoms with van der Waals surface area (Å²) in [6, 6.07) is 9.41. The highest BCUT2D eigenvalue weighted by Gasteiger charge is 2.28. The van der Waals surface area contributed by atoms with Gasteiger partial charge in [-0.25, -0.2) is 4.79 Å². The van der Waals surface area contributed by atoms with Gasteiger partial charge in [-0.2, -0.15) is 0 Å². The van der Waals surface area contributed by atoms with Crippen LogP contribution in [0.3, 0.4) is 0 Å². The van der Waals surface area contributed by atoms with Gasteiger partial charge in [0.25, 0.3) is 0 Å². The molecule has 2 aromatic rings. The molecule has 2 amide bonds. The summed E-state index contributed by atoms with van der Waals surface area (Å²) in [6.45, 7) is 3.10. The Morgan fingerprint density at radius 2 is 2.04 bits per heavy atom. The second-order valence-corrected chi connectivity index (χ2v) is 7.17. The first-order chi connectivity index (χ1) is 13.2. The van der Waals surface area contributed by atoms with E-state index in [9.17, 15) is 9.90 Å². The number of urea groups is 1. The molecule has 7 heteroatoms. The standard InChI is InChI=1S/C20H29N5O2/c1-2-13-24-15-19(22-23-24)21-20(27)25(17-11-7-4-8-12-17)14-18(26)16-9-5-3-6-10-16/h3,5-6,9-10,15,17-18,26H,2,4,7-8,11-14H2,1H3,(H,21,27)/t18-/m0/s1. The first-order valence-corrected chi connectivity index (χ1v) is 9.88. The number of carbonyl (C=O) groups excluding carboxylic acids is 1. The van der Waals surface area contributed by atoms with Crippen LogP contribution in [-0.2, 0) is 6.54 Å². The fourth-order valence-corrected chi connectivity index (χ4v) is 3.63. The van der Waals surface area contributed by atoms with Gasteiger partial charge in [0.2, 0.25) is 0 Å². The molecule has 1 aliphatic carbocycles. The van der Waals surface area contributed by atoms with Crippen molar-refractivity contribution >= 4 is 11.8 Å². The molecule has 0 spiro atoms. The van der Waals surface area contributed by atoms with E-state index in [0.717, 1.165) is 44.2 Å². The monoisotopic (exact) mass is 371 g/mol. The van der Waals surface area contributed by atoms with Gasteiger partial charge in [0.05, 0.1) is 18.8 Å². The Labute approximate surface area is 160 Å². The van der Waals surface area contributed by atoms with Gasteiger partial charge in [0, 0.05) is 12.6 Å². The lowest BCUT2D eigenvalue weighted by Crippen LogP contribution is -2.46. The van der Waals surface area contributed by atoms with Gasteiger partial charge in [0.1, 0.15) is 0 Å². The molecule has 146 valence electrons. The fraction of sp³-hybridized carbons (Fsp3) is 0.550. The summed E-state index contributed by atoms with van der Waals surface area (Å²) < 4.78 is 1.72. The molecular formula is C20H29N5O2. The Hall–Kier alpha value is -2.41. The Kier molecular flexibility index (Phi) is 6.81. The van der Waals surface area contributed by atoms with Crippen LogP contribution < -0.4 is 5.32 Å². The zero-order valence-corrected chi connectivity index (χ0v) is 15.9. The van der Waals surface area contributed by atoms with Gasteiger partial charge in [-0.3, -0.25) is 10.00 Å². The number of benzene rings is 1. The molecular weight excluding hydrogens is 342 g/mol. The van der Waals surface area contributed by atoms with E-state index in [4.69, 9.17) is 0 Å². The number of hydrogen-bond acceptors (Lipinski definition) is 4. The van der Waals surface area contributed by atoms with Crippen LogP contribution in [0.1, 0.15) is 57.1 Å². The van der Waals surface area contributed by atoms with Crippen LogP contribution >= 0.6 is 0 Å². The second kappa shape index (κ2) is 9.50. The van der Waals surface area contributed by atoms with Gasteiger partial charge in [-0.05, 0) is 24.8 Å². The molecule has 0 aliphatic heterocycles. The van der Waals surface area contributed by atoms with E-state index >= 15 is 0 Å². The molecule has 2 N–H and O–H groups in total. The molecule has 1 atom stereocenters. The third kappa shape index (κ3) is 5.29. The highest BCUT2D eigenvalue weighted by molar-refractivity contribution is 5.88. The van der Waals surface area contributed by atoms with Crippen molar-refractivity contribution in [1.82, 2.24) is 19.9 Å². The number of nitrogens with one attached hydrogen (secondary N) is 1. The van der Waals surface area contributed by atoms with Crippen molar-refractivity contribution in [3.8, 4) is 0 Å². The van der Waals surface area contributed by atoms with Crippen LogP contribution in [0.15, 0.2) is 36.5 Å². The quantitative estimate of drug-likeness (QED) is 0.779. The molecule has 1 aromatic heterocycles. The summed E-state index contributed by atoms with van der Waals surface area (Å²) in [7, 11) is 0. The van der Waals surface area contributed by atoms with Crippen molar-refractivity contribution in [2.24, 2.45) is 0 Å². The Morgan fingerprint density at radius 1 is 1.30 bits per heavy atom. The molecule has 1 fully saturated rings. The van der Waals surface area contributed by atoms with Crippen molar-refractivity contribution in [3.05, 3.63) is 42.1 Å². The van der Waals surface area contributed by atoms with E-state index in [-0.39, 0.29) is 18.6 Å². The minimum Gasteiger partial charge on any atom is -0.387 e. The first kappa shape index (κ1) is 19.4. The number of amides is 2. The summed E-state index contributed by atoms with van der Waals surface area (Å²) in [5.41, 5.74) is 0.819. The van der Waals surface area contributed by atoms with Crippen molar-refractivity contribution in [2.45, 2.75) is 64.1 Å². The molecule has 0 saturated heterocycles. The van der Waals surface area contributed by atoms with Crippen LogP contribution in [0.25, 0.3) is 0 Å². The van der Waals surface area contributed by atoms with Crippen LogP contribution in [0.2, 0.25) is 0 Å². The van der Waals surface area contributed by atoms with E-state index in [1.165, 1.54) is 6.42 Å². The highest BCUT2D eigenvalue weighted by atomic mass is 16.3. The van der Waals surface area contributed by atoms with Crippen molar-refractivity contribution in [2.75, 3.05) is 11.9 Å². The first-order valence-electron chi connectivity index (χ1n) is 9.88. The number of aromatic nitrogens is 3. The minimum absolute atomic E-state index is 0.141. The Bertz CT molecular complexity index is 712. The lowest BCUT2D eigenvalue weighted by molar-refractivity contribution is 0.0956. The molecule has 1 aliphatic rings. The molecule has 3 rings (SSSR count). The van der Waals surface area contributed by atoms with E-state index in [2.05, 4.69) is 22.6 Å². The Balaban J connectivity index is 1.70. The maximum Gasteiger partial charge on any atom is 0.323 e. The number of rotatable bonds is 7. The third-order valence-corrected chi connectivity index (χ3v) is 5.06. The molecule has 1 heterocycles. The number of anilines is 1. The SMILES string of the molecule is CCCn1cc(NC(=O)N(C[C@H](O)c2ccccc2)C2CCCCC2)nn1. The summed E-state index contributed by atoms with van der Waals surface area (Å²) >= 11 is 0. The lowest BCUT2D eigenvalue weighted by Gasteiger charge is -2.35. The van der Waals surface area contributed by atoms with Crippen molar-refractivity contribution < 1.29 is 9.90 Å². The largest absolute Gasteiger partial charge is 0.387 e. The third-order valence-electron chi connectivity index (χ3n) is 5.06. The maximum atomic E-state index is 13.0. The molecule has 1 aromatic carbocycles. The van der Waals surface area contributed by atoms with Crippen molar-refractivity contribution in [1.29, 1.82) is 0 Å². The van der Waals surface area contributed by atoms with Gasteiger partial charge in [-0.1, -0.05) is 61.7 Å². The van der Waals surface area contributed by atoms with Crippen LogP contribution in [0, 0.1) is 0 Å². The minimum atomic E-state index is -0.713. The van der Waals surface area contributed by atoms with E-state index in [1.54, 1.807) is 15.8 Å². The average Bonchev–Trinajstić information content (AvgIpc) is 3.14. The molecule has 0 radical (unpaired) electrons. The van der Waals surface area contributed by atoms with Crippen LogP contribution in [0.4, 0.5) is 10.6 Å². The molecule has 1 saturated carbocycles. The fourth-order valence-electron chi connectivity index (χ4n) is 3.63. The second-order valence-electron chi connectivity index (χ2n) is 7.17. The molecule has 27 heavy (non-hydrogen) atoms. The van der Waals surface area contributed by atoms with E-state index in [1.807, 2.05) is 30.3 Å². The van der Waals surface area contributed by atoms with Gasteiger partial charge in [-0.15, -0.1) is 5.10 Å². The number of aliphatic hydroxyl groups is 1. The zero-order chi connectivity index (χ0) is 19.1. The average molecular weight is 371 g/mol. The van der Waals surface area contributed by atoms with Crippen LogP contribution in [-0.4, -0.2) is 43.6 Å². The maximum absolute atomic E-state index is 13.0. The Morgan fingerprint density at radius 3 is 2.74 bits per heavy atom. The van der Waals surface area contributed by atoms with Crippen LogP contribution in [0.5, 0.6) is 0 Å². The topological polar surface area (TPSA) is 83.3 Å². The zero-order valence-electron chi connectivity index (χ0n) is 15.9. The summed E-state index contributed by atoms with van der Waals surface area (Å²) in [5.74, 6) is 0.448. The summed E-state index contributed by atoms with van der Waals surface area (Å²) in [4.78, 5) is 14.7. The highest BCUT2D eigenvalue weighted by Crippen LogP contribution is 2.25. The normalized spacial score (nSPS) is 16.1. The smallest absolute Gasteiger partial charge is 0.323 e. The number of aryl methyl sites for hydroxylation is 1. The molecule has 7 nitrogen and oxygen atoms in total. The summed E-state index contributed by atoms with van der Waals surface area (Å²) in [5, 5.41) is 21.6. The number of aliphatic hydroxyl groups excluding tert-OH is 1. The number of hydrogen-bond donors (Lipinski definition) is 2. The molecule has 0 unspecified atom stereocenters. The molecule has 0 bridgehead atoms. The predicted octanol–water partition coefficient (Wildman–Crippen LogP) is 3.59. The van der Waals surface area contributed by atoms with E-state index in [0.29, 0.717) is 5.82 Å². The predicted molar refractivity (Wildman–Crippen MR) is 104 cm³/mol. The van der Waals surface area contributed by atoms with Gasteiger partial charge >= 0.3 is 6.03 Å².